The fourth-order valence-corrected chi connectivity index (χ4v) is 2.34. The van der Waals surface area contributed by atoms with Gasteiger partial charge in [-0.3, -0.25) is 4.79 Å². The van der Waals surface area contributed by atoms with E-state index in [4.69, 9.17) is 19.4 Å². The Morgan fingerprint density at radius 1 is 1.53 bits per heavy atom. The van der Waals surface area contributed by atoms with Crippen LogP contribution in [-0.4, -0.2) is 13.8 Å². The Morgan fingerprint density at radius 3 is 2.65 bits per heavy atom. The lowest BCUT2D eigenvalue weighted by Gasteiger charge is -2.04. The van der Waals surface area contributed by atoms with E-state index in [0.717, 1.165) is 3.79 Å². The molecule has 1 heterocycles. The molecule has 0 fully saturated rings. The SMILES string of the molecule is [B]C(=C)/C(Cl)=C\C(=C)NC(=O)c1ccc(Br)s1. The number of allylic oxidation sites excluding steroid dienone is 3. The highest BCUT2D eigenvalue weighted by Crippen LogP contribution is 2.22. The van der Waals surface area contributed by atoms with Gasteiger partial charge in [-0.15, -0.1) is 17.9 Å². The van der Waals surface area contributed by atoms with E-state index in [1.807, 2.05) is 0 Å². The molecule has 0 atom stereocenters. The standard InChI is InChI=1S/C11H8BBrClNOS/c1-6(5-8(14)7(2)12)15-11(16)9-3-4-10(13)17-9/h3-5H,1-2H2,(H,15,16)/b8-5+. The number of carbonyl (C=O) groups excluding carboxylic acids is 1. The smallest absolute Gasteiger partial charge is 0.265 e. The molecule has 0 aliphatic rings. The maximum absolute atomic E-state index is 11.7. The molecule has 0 saturated heterocycles. The average molecular weight is 328 g/mol. The number of hydrogen-bond donors (Lipinski definition) is 1. The molecule has 0 aliphatic heterocycles. The van der Waals surface area contributed by atoms with E-state index in [1.54, 1.807) is 12.1 Å². The van der Waals surface area contributed by atoms with Crippen LogP contribution < -0.4 is 5.32 Å². The molecule has 0 aliphatic carbocycles. The largest absolute Gasteiger partial charge is 0.322 e. The first-order chi connectivity index (χ1) is 7.90. The van der Waals surface area contributed by atoms with E-state index < -0.39 is 0 Å². The van der Waals surface area contributed by atoms with Crippen LogP contribution in [0.1, 0.15) is 9.67 Å². The van der Waals surface area contributed by atoms with E-state index >= 15 is 0 Å². The minimum absolute atomic E-state index is 0.223. The van der Waals surface area contributed by atoms with E-state index in [1.165, 1.54) is 17.4 Å². The lowest BCUT2D eigenvalue weighted by Crippen LogP contribution is -2.20. The summed E-state index contributed by atoms with van der Waals surface area (Å²) in [5, 5.41) is 2.85. The van der Waals surface area contributed by atoms with Gasteiger partial charge >= 0.3 is 0 Å². The number of thiophene rings is 1. The number of rotatable bonds is 4. The first-order valence-corrected chi connectivity index (χ1v) is 6.46. The molecule has 1 aromatic heterocycles. The topological polar surface area (TPSA) is 29.1 Å². The summed E-state index contributed by atoms with van der Waals surface area (Å²) in [7, 11) is 5.38. The Morgan fingerprint density at radius 2 is 2.18 bits per heavy atom. The molecular formula is C11H8BBrClNOS. The summed E-state index contributed by atoms with van der Waals surface area (Å²) in [6.07, 6.45) is 1.45. The van der Waals surface area contributed by atoms with Crippen molar-refractivity contribution in [2.24, 2.45) is 0 Å². The van der Waals surface area contributed by atoms with Crippen molar-refractivity contribution in [3.63, 3.8) is 0 Å². The van der Waals surface area contributed by atoms with Gasteiger partial charge in [-0.1, -0.05) is 23.7 Å². The number of hydrogen-bond acceptors (Lipinski definition) is 2. The maximum Gasteiger partial charge on any atom is 0.265 e. The van der Waals surface area contributed by atoms with E-state index in [-0.39, 0.29) is 16.4 Å². The zero-order chi connectivity index (χ0) is 13.0. The van der Waals surface area contributed by atoms with Crippen LogP contribution in [0.25, 0.3) is 0 Å². The molecule has 0 spiro atoms. The van der Waals surface area contributed by atoms with Gasteiger partial charge in [-0.05, 0) is 34.1 Å². The van der Waals surface area contributed by atoms with Gasteiger partial charge in [0.05, 0.1) is 8.66 Å². The van der Waals surface area contributed by atoms with Crippen molar-refractivity contribution in [1.29, 1.82) is 0 Å². The monoisotopic (exact) mass is 327 g/mol. The number of nitrogens with one attached hydrogen (secondary N) is 1. The molecule has 0 saturated carbocycles. The molecule has 6 heteroatoms. The van der Waals surface area contributed by atoms with Crippen LogP contribution in [0.3, 0.4) is 0 Å². The molecule has 86 valence electrons. The molecule has 2 nitrogen and oxygen atoms in total. The van der Waals surface area contributed by atoms with Crippen LogP contribution in [-0.2, 0) is 0 Å². The summed E-state index contributed by atoms with van der Waals surface area (Å²) < 4.78 is 0.886. The first-order valence-electron chi connectivity index (χ1n) is 4.47. The second-order valence-corrected chi connectivity index (χ2v) is 5.97. The summed E-state index contributed by atoms with van der Waals surface area (Å²) >= 11 is 10.4. The number of halogens is 2. The normalized spacial score (nSPS) is 11.1. The highest BCUT2D eigenvalue weighted by molar-refractivity contribution is 9.11. The minimum atomic E-state index is -0.242. The van der Waals surface area contributed by atoms with Crippen LogP contribution >= 0.6 is 38.9 Å². The highest BCUT2D eigenvalue weighted by Gasteiger charge is 2.08. The van der Waals surface area contributed by atoms with Crippen LogP contribution in [0.2, 0.25) is 0 Å². The Balaban J connectivity index is 2.67. The zero-order valence-corrected chi connectivity index (χ0v) is 12.0. The van der Waals surface area contributed by atoms with Crippen LogP contribution in [0.15, 0.2) is 51.4 Å². The Labute approximate surface area is 119 Å². The summed E-state index contributed by atoms with van der Waals surface area (Å²) in [6, 6.07) is 3.51. The summed E-state index contributed by atoms with van der Waals surface area (Å²) in [5.41, 5.74) is 0.581. The molecule has 17 heavy (non-hydrogen) atoms. The quantitative estimate of drug-likeness (QED) is 0.664. The van der Waals surface area contributed by atoms with Crippen molar-refractivity contribution < 1.29 is 4.79 Å². The molecular weight excluding hydrogens is 320 g/mol. The molecule has 1 rings (SSSR count). The van der Waals surface area contributed by atoms with Crippen molar-refractivity contribution in [3.8, 4) is 0 Å². The fraction of sp³-hybridized carbons (Fsp3) is 0. The van der Waals surface area contributed by atoms with E-state index in [0.29, 0.717) is 10.6 Å². The molecule has 1 N–H and O–H groups in total. The van der Waals surface area contributed by atoms with Gasteiger partial charge in [-0.25, -0.2) is 0 Å². The van der Waals surface area contributed by atoms with Crippen molar-refractivity contribution >= 4 is 52.6 Å². The van der Waals surface area contributed by atoms with E-state index in [2.05, 4.69) is 34.4 Å². The van der Waals surface area contributed by atoms with Crippen LogP contribution in [0.4, 0.5) is 0 Å². The number of carbonyl (C=O) groups is 1. The van der Waals surface area contributed by atoms with E-state index in [9.17, 15) is 4.79 Å². The summed E-state index contributed by atoms with van der Waals surface area (Å²) in [5.74, 6) is -0.242. The molecule has 2 radical (unpaired) electrons. The molecule has 0 unspecified atom stereocenters. The van der Waals surface area contributed by atoms with Gasteiger partial charge in [0.25, 0.3) is 5.91 Å². The van der Waals surface area contributed by atoms with Crippen molar-refractivity contribution in [2.45, 2.75) is 0 Å². The van der Waals surface area contributed by atoms with Gasteiger partial charge in [0.1, 0.15) is 7.85 Å². The predicted molar refractivity (Wildman–Crippen MR) is 77.5 cm³/mol. The Hall–Kier alpha value is -0.775. The Kier molecular flexibility index (Phi) is 5.24. The van der Waals surface area contributed by atoms with Gasteiger partial charge < -0.3 is 5.32 Å². The zero-order valence-electron chi connectivity index (χ0n) is 8.80. The molecule has 0 aromatic carbocycles. The second kappa shape index (κ2) is 6.24. The first kappa shape index (κ1) is 14.3. The predicted octanol–water partition coefficient (Wildman–Crippen LogP) is 3.56. The van der Waals surface area contributed by atoms with Crippen LogP contribution in [0.5, 0.6) is 0 Å². The third-order valence-electron chi connectivity index (χ3n) is 1.68. The Bertz CT molecular complexity index is 509. The second-order valence-electron chi connectivity index (χ2n) is 3.10. The highest BCUT2D eigenvalue weighted by atomic mass is 79.9. The lowest BCUT2D eigenvalue weighted by atomic mass is 9.97. The van der Waals surface area contributed by atoms with Crippen molar-refractivity contribution in [2.75, 3.05) is 0 Å². The summed E-state index contributed by atoms with van der Waals surface area (Å²) in [6.45, 7) is 7.12. The van der Waals surface area contributed by atoms with Gasteiger partial charge in [0, 0.05) is 10.7 Å². The third kappa shape index (κ3) is 4.54. The molecule has 0 bridgehead atoms. The molecule has 1 amide bonds. The molecule has 1 aromatic rings. The maximum atomic E-state index is 11.7. The van der Waals surface area contributed by atoms with Gasteiger partial charge in [0.15, 0.2) is 0 Å². The fourth-order valence-electron chi connectivity index (χ4n) is 0.926. The minimum Gasteiger partial charge on any atom is -0.322 e. The lowest BCUT2D eigenvalue weighted by molar-refractivity contribution is 0.0971. The van der Waals surface area contributed by atoms with Crippen molar-refractivity contribution in [1.82, 2.24) is 5.32 Å². The van der Waals surface area contributed by atoms with Gasteiger partial charge in [-0.2, -0.15) is 0 Å². The average Bonchev–Trinajstić information content (AvgIpc) is 2.64. The summed E-state index contributed by atoms with van der Waals surface area (Å²) in [4.78, 5) is 12.3. The number of amides is 1. The van der Waals surface area contributed by atoms with Gasteiger partial charge in [0.2, 0.25) is 0 Å². The van der Waals surface area contributed by atoms with Crippen molar-refractivity contribution in [3.05, 3.63) is 56.2 Å². The third-order valence-corrected chi connectivity index (χ3v) is 3.65. The van der Waals surface area contributed by atoms with Crippen LogP contribution in [0, 0.1) is 0 Å².